The highest BCUT2D eigenvalue weighted by Gasteiger charge is 2.56. The zero-order valence-electron chi connectivity index (χ0n) is 14.4. The molecule has 2 saturated heterocycles. The molecule has 0 aromatic heterocycles. The van der Waals surface area contributed by atoms with Gasteiger partial charge in [0.05, 0.1) is 10.7 Å². The third kappa shape index (κ3) is 2.79. The van der Waals surface area contributed by atoms with E-state index >= 15 is 0 Å². The molecular formula is C20H19ClN2O2S. The number of aryl methyl sites for hydroxylation is 1. The van der Waals surface area contributed by atoms with E-state index in [9.17, 15) is 9.59 Å². The van der Waals surface area contributed by atoms with Crippen molar-refractivity contribution in [3.63, 3.8) is 0 Å². The van der Waals surface area contributed by atoms with Crippen LogP contribution in [0.1, 0.15) is 24.0 Å². The molecule has 2 heterocycles. The number of thioether (sulfide) groups is 1. The highest BCUT2D eigenvalue weighted by atomic mass is 35.5. The number of hydrogen-bond acceptors (Lipinski definition) is 3. The van der Waals surface area contributed by atoms with Crippen LogP contribution in [0.2, 0.25) is 5.02 Å². The van der Waals surface area contributed by atoms with Gasteiger partial charge in [-0.15, -0.1) is 11.8 Å². The van der Waals surface area contributed by atoms with Crippen molar-refractivity contribution in [1.82, 2.24) is 4.90 Å². The predicted molar refractivity (Wildman–Crippen MR) is 105 cm³/mol. The van der Waals surface area contributed by atoms with Crippen LogP contribution >= 0.6 is 23.4 Å². The summed E-state index contributed by atoms with van der Waals surface area (Å²) in [4.78, 5) is 26.9. The molecule has 134 valence electrons. The highest BCUT2D eigenvalue weighted by molar-refractivity contribution is 8.00. The zero-order chi connectivity index (χ0) is 18.3. The minimum atomic E-state index is -0.493. The van der Waals surface area contributed by atoms with Gasteiger partial charge < -0.3 is 10.2 Å². The van der Waals surface area contributed by atoms with Gasteiger partial charge in [-0.05, 0) is 36.6 Å². The second-order valence-electron chi connectivity index (χ2n) is 6.71. The minimum absolute atomic E-state index is 0.0361. The van der Waals surface area contributed by atoms with Crippen LogP contribution in [0.15, 0.2) is 48.5 Å². The number of nitrogens with zero attached hydrogens (tertiary/aromatic N) is 1. The van der Waals surface area contributed by atoms with Crippen molar-refractivity contribution in [3.8, 4) is 0 Å². The first-order valence-electron chi connectivity index (χ1n) is 8.60. The zero-order valence-corrected chi connectivity index (χ0v) is 15.9. The quantitative estimate of drug-likeness (QED) is 0.860. The smallest absolute Gasteiger partial charge is 0.248 e. The maximum atomic E-state index is 12.9. The fourth-order valence-corrected chi connectivity index (χ4v) is 5.71. The Bertz CT molecular complexity index is 873. The molecule has 2 aromatic carbocycles. The van der Waals surface area contributed by atoms with Crippen molar-refractivity contribution in [2.75, 3.05) is 11.1 Å². The number of halogens is 1. The van der Waals surface area contributed by atoms with Crippen molar-refractivity contribution < 1.29 is 9.59 Å². The van der Waals surface area contributed by atoms with Gasteiger partial charge in [0.1, 0.15) is 10.9 Å². The molecule has 2 aliphatic heterocycles. The average molecular weight is 387 g/mol. The Hall–Kier alpha value is -1.98. The summed E-state index contributed by atoms with van der Waals surface area (Å²) in [6, 6.07) is 15.0. The molecule has 0 saturated carbocycles. The van der Waals surface area contributed by atoms with Gasteiger partial charge in [0.2, 0.25) is 11.8 Å². The van der Waals surface area contributed by atoms with Crippen molar-refractivity contribution in [2.45, 2.75) is 30.7 Å². The number of nitrogens with one attached hydrogen (secondary N) is 1. The van der Waals surface area contributed by atoms with Crippen LogP contribution in [0.25, 0.3) is 0 Å². The fourth-order valence-electron chi connectivity index (χ4n) is 3.77. The van der Waals surface area contributed by atoms with Crippen LogP contribution in [0.3, 0.4) is 0 Å². The molecular weight excluding hydrogens is 368 g/mol. The van der Waals surface area contributed by atoms with Crippen LogP contribution in [0, 0.1) is 6.92 Å². The molecule has 0 aliphatic carbocycles. The van der Waals surface area contributed by atoms with E-state index < -0.39 is 10.9 Å². The molecule has 2 amide bonds. The lowest BCUT2D eigenvalue weighted by Crippen LogP contribution is -2.48. The van der Waals surface area contributed by atoms with Gasteiger partial charge in [0, 0.05) is 12.2 Å². The third-order valence-corrected chi connectivity index (χ3v) is 6.95. The Morgan fingerprint density at radius 3 is 2.77 bits per heavy atom. The van der Waals surface area contributed by atoms with E-state index in [1.807, 2.05) is 49.4 Å². The largest absolute Gasteiger partial charge is 0.323 e. The Balaban J connectivity index is 1.62. The number of fused-ring (bicyclic) bond motifs is 1. The lowest BCUT2D eigenvalue weighted by Gasteiger charge is -2.34. The van der Waals surface area contributed by atoms with Gasteiger partial charge in [0.25, 0.3) is 0 Å². The van der Waals surface area contributed by atoms with E-state index in [1.165, 1.54) is 0 Å². The fraction of sp³-hybridized carbons (Fsp3) is 0.300. The van der Waals surface area contributed by atoms with Crippen LogP contribution < -0.4 is 5.32 Å². The van der Waals surface area contributed by atoms with Gasteiger partial charge in [-0.2, -0.15) is 0 Å². The topological polar surface area (TPSA) is 49.4 Å². The van der Waals surface area contributed by atoms with E-state index in [2.05, 4.69) is 5.32 Å². The molecule has 4 rings (SSSR count). The first-order chi connectivity index (χ1) is 12.5. The summed E-state index contributed by atoms with van der Waals surface area (Å²) in [5.74, 6) is 0.431. The number of amides is 2. The van der Waals surface area contributed by atoms with Gasteiger partial charge in [-0.3, -0.25) is 9.59 Å². The second kappa shape index (κ2) is 6.63. The number of carbonyl (C=O) groups is 2. The molecule has 0 bridgehead atoms. The van der Waals surface area contributed by atoms with Crippen LogP contribution in [0.5, 0.6) is 0 Å². The summed E-state index contributed by atoms with van der Waals surface area (Å²) >= 11 is 7.93. The van der Waals surface area contributed by atoms with E-state index in [0.29, 0.717) is 22.9 Å². The summed E-state index contributed by atoms with van der Waals surface area (Å²) in [7, 11) is 0. The lowest BCUT2D eigenvalue weighted by molar-refractivity contribution is -0.136. The van der Waals surface area contributed by atoms with Crippen molar-refractivity contribution in [2.24, 2.45) is 0 Å². The standard InChI is InChI=1S/C20H19ClN2O2S/c1-13-7-8-16(15(21)11-13)22-19(25)17-12-26-20(10-9-18(24)23(17)20)14-5-3-2-4-6-14/h2-8,11,17H,9-10,12H2,1H3,(H,22,25)/t17-,20+/m1/s1. The molecule has 1 N–H and O–H groups in total. The Kier molecular flexibility index (Phi) is 4.45. The molecule has 0 spiro atoms. The first-order valence-corrected chi connectivity index (χ1v) is 9.96. The Morgan fingerprint density at radius 1 is 1.27 bits per heavy atom. The number of anilines is 1. The summed E-state index contributed by atoms with van der Waals surface area (Å²) in [5.41, 5.74) is 2.69. The minimum Gasteiger partial charge on any atom is -0.323 e. The second-order valence-corrected chi connectivity index (χ2v) is 8.42. The summed E-state index contributed by atoms with van der Waals surface area (Å²) in [5, 5.41) is 3.41. The number of carbonyl (C=O) groups excluding carboxylic acids is 2. The van der Waals surface area contributed by atoms with Crippen molar-refractivity contribution in [3.05, 3.63) is 64.7 Å². The van der Waals surface area contributed by atoms with E-state index in [1.54, 1.807) is 22.7 Å². The normalized spacial score (nSPS) is 24.6. The number of rotatable bonds is 3. The van der Waals surface area contributed by atoms with Gasteiger partial charge in [-0.1, -0.05) is 48.0 Å². The number of hydrogen-bond donors (Lipinski definition) is 1. The average Bonchev–Trinajstić information content (AvgIpc) is 3.18. The molecule has 2 aromatic rings. The molecule has 0 radical (unpaired) electrons. The number of benzene rings is 2. The van der Waals surface area contributed by atoms with Gasteiger partial charge >= 0.3 is 0 Å². The van der Waals surface area contributed by atoms with Crippen LogP contribution in [0.4, 0.5) is 5.69 Å². The van der Waals surface area contributed by atoms with Crippen molar-refractivity contribution >= 4 is 40.9 Å². The summed E-state index contributed by atoms with van der Waals surface area (Å²) < 4.78 is 0. The van der Waals surface area contributed by atoms with Crippen LogP contribution in [-0.2, 0) is 14.5 Å². The molecule has 4 nitrogen and oxygen atoms in total. The predicted octanol–water partition coefficient (Wildman–Crippen LogP) is 4.18. The Labute approximate surface area is 161 Å². The monoisotopic (exact) mass is 386 g/mol. The molecule has 6 heteroatoms. The van der Waals surface area contributed by atoms with Gasteiger partial charge in [-0.25, -0.2) is 0 Å². The van der Waals surface area contributed by atoms with Crippen LogP contribution in [-0.4, -0.2) is 28.5 Å². The van der Waals surface area contributed by atoms with Crippen molar-refractivity contribution in [1.29, 1.82) is 0 Å². The maximum Gasteiger partial charge on any atom is 0.248 e. The highest BCUT2D eigenvalue weighted by Crippen LogP contribution is 2.54. The van der Waals surface area contributed by atoms with E-state index in [4.69, 9.17) is 11.6 Å². The Morgan fingerprint density at radius 2 is 2.04 bits per heavy atom. The van der Waals surface area contributed by atoms with E-state index in [0.717, 1.165) is 17.5 Å². The summed E-state index contributed by atoms with van der Waals surface area (Å²) in [6.45, 7) is 1.95. The third-order valence-electron chi connectivity index (χ3n) is 5.04. The van der Waals surface area contributed by atoms with Gasteiger partial charge in [0.15, 0.2) is 0 Å². The molecule has 2 aliphatic rings. The molecule has 2 atom stereocenters. The first kappa shape index (κ1) is 17.4. The molecule has 0 unspecified atom stereocenters. The maximum absolute atomic E-state index is 12.9. The molecule has 2 fully saturated rings. The van der Waals surface area contributed by atoms with E-state index in [-0.39, 0.29) is 11.8 Å². The summed E-state index contributed by atoms with van der Waals surface area (Å²) in [6.07, 6.45) is 1.20. The SMILES string of the molecule is Cc1ccc(NC(=O)[C@H]2CS[C@]3(c4ccccc4)CCC(=O)N23)c(Cl)c1. The molecule has 26 heavy (non-hydrogen) atoms. The lowest BCUT2D eigenvalue weighted by atomic mass is 10.0.